The summed E-state index contributed by atoms with van der Waals surface area (Å²) in [5.41, 5.74) is 3.36. The van der Waals surface area contributed by atoms with Gasteiger partial charge >= 0.3 is 0 Å². The predicted octanol–water partition coefficient (Wildman–Crippen LogP) is 3.60. The van der Waals surface area contributed by atoms with Crippen LogP contribution in [0.3, 0.4) is 0 Å². The molecule has 0 saturated heterocycles. The number of carbonyl (C=O) groups is 1. The molecular weight excluding hydrogens is 372 g/mol. The van der Waals surface area contributed by atoms with Gasteiger partial charge in [-0.25, -0.2) is 0 Å². The molecule has 0 saturated carbocycles. The standard InChI is InChI=1S/C21H20N4O2S/c1-21(2,27)13-25-18-6-4-3-5-16(18)23-20(25)24-19(26)14-7-9-22-17(11-14)15-8-10-28-12-15/h3-12,27H,13H2,1-2H3,(H,23,24,26). The van der Waals surface area contributed by atoms with Gasteiger partial charge in [0.2, 0.25) is 5.62 Å². The number of thiophene rings is 1. The molecule has 1 aromatic carbocycles. The van der Waals surface area contributed by atoms with Crippen molar-refractivity contribution < 1.29 is 9.90 Å². The Morgan fingerprint density at radius 1 is 1.29 bits per heavy atom. The number of amides is 1. The molecule has 0 spiro atoms. The summed E-state index contributed by atoms with van der Waals surface area (Å²) in [5, 5.41) is 14.3. The normalized spacial score (nSPS) is 12.6. The smallest absolute Gasteiger partial charge is 0.280 e. The maximum atomic E-state index is 12.8. The van der Waals surface area contributed by atoms with E-state index in [9.17, 15) is 9.90 Å². The van der Waals surface area contributed by atoms with E-state index in [1.165, 1.54) is 0 Å². The molecule has 0 aliphatic carbocycles. The zero-order chi connectivity index (χ0) is 19.7. The van der Waals surface area contributed by atoms with Crippen molar-refractivity contribution in [2.24, 2.45) is 4.99 Å². The Hall–Kier alpha value is -3.03. The van der Waals surface area contributed by atoms with Crippen LogP contribution < -0.4 is 5.62 Å². The highest BCUT2D eigenvalue weighted by atomic mass is 32.1. The van der Waals surface area contributed by atoms with E-state index < -0.39 is 5.60 Å². The molecule has 0 radical (unpaired) electrons. The molecule has 4 rings (SSSR count). The highest BCUT2D eigenvalue weighted by Gasteiger charge is 2.17. The van der Waals surface area contributed by atoms with Crippen molar-refractivity contribution in [2.75, 3.05) is 0 Å². The lowest BCUT2D eigenvalue weighted by atomic mass is 10.1. The molecule has 0 unspecified atom stereocenters. The summed E-state index contributed by atoms with van der Waals surface area (Å²) in [6.07, 6.45) is 1.62. The minimum absolute atomic E-state index is 0.305. The quantitative estimate of drug-likeness (QED) is 0.557. The largest absolute Gasteiger partial charge is 0.389 e. The monoisotopic (exact) mass is 392 g/mol. The number of pyridine rings is 1. The number of hydrogen-bond acceptors (Lipinski definition) is 4. The van der Waals surface area contributed by atoms with Crippen molar-refractivity contribution in [2.45, 2.75) is 26.0 Å². The second-order valence-corrected chi connectivity index (χ2v) is 8.00. The summed E-state index contributed by atoms with van der Waals surface area (Å²) in [6.45, 7) is 3.76. The molecule has 0 fully saturated rings. The van der Waals surface area contributed by atoms with Crippen LogP contribution in [-0.4, -0.2) is 31.1 Å². The molecule has 1 amide bonds. The van der Waals surface area contributed by atoms with Crippen LogP contribution in [0.1, 0.15) is 24.2 Å². The Kier molecular flexibility index (Phi) is 4.70. The van der Waals surface area contributed by atoms with Gasteiger partial charge in [-0.1, -0.05) is 12.1 Å². The number of rotatable bonds is 4. The average molecular weight is 392 g/mol. The van der Waals surface area contributed by atoms with Crippen LogP contribution in [0.25, 0.3) is 22.3 Å². The molecule has 0 aliphatic heterocycles. The summed E-state index contributed by atoms with van der Waals surface area (Å²) >= 11 is 1.58. The van der Waals surface area contributed by atoms with Gasteiger partial charge in [0.1, 0.15) is 0 Å². The van der Waals surface area contributed by atoms with Crippen molar-refractivity contribution in [3.63, 3.8) is 0 Å². The first-order valence-electron chi connectivity index (χ1n) is 8.88. The highest BCUT2D eigenvalue weighted by Crippen LogP contribution is 2.21. The summed E-state index contributed by atoms with van der Waals surface area (Å²) in [5.74, 6) is -0.366. The number of H-pyrrole nitrogens is 1. The van der Waals surface area contributed by atoms with E-state index in [1.807, 2.05) is 45.7 Å². The van der Waals surface area contributed by atoms with Crippen LogP contribution in [0.2, 0.25) is 0 Å². The zero-order valence-electron chi connectivity index (χ0n) is 15.6. The first-order chi connectivity index (χ1) is 13.4. The van der Waals surface area contributed by atoms with Crippen LogP contribution in [0.15, 0.2) is 64.4 Å². The van der Waals surface area contributed by atoms with Crippen LogP contribution in [0.4, 0.5) is 0 Å². The molecule has 2 N–H and O–H groups in total. The third kappa shape index (κ3) is 3.81. The lowest BCUT2D eigenvalue weighted by molar-refractivity contribution is 0.0612. The molecule has 0 aliphatic rings. The fourth-order valence-corrected chi connectivity index (χ4v) is 3.69. The zero-order valence-corrected chi connectivity index (χ0v) is 16.4. The number of nitrogens with zero attached hydrogens (tertiary/aromatic N) is 3. The van der Waals surface area contributed by atoms with Crippen molar-refractivity contribution in [1.29, 1.82) is 0 Å². The molecule has 0 bridgehead atoms. The summed E-state index contributed by atoms with van der Waals surface area (Å²) in [6, 6.07) is 13.0. The summed E-state index contributed by atoms with van der Waals surface area (Å²) < 4.78 is 1.83. The van der Waals surface area contributed by atoms with Gasteiger partial charge in [0.15, 0.2) is 0 Å². The first kappa shape index (κ1) is 18.3. The van der Waals surface area contributed by atoms with Crippen LogP contribution >= 0.6 is 11.3 Å². The van der Waals surface area contributed by atoms with Gasteiger partial charge in [-0.15, -0.1) is 0 Å². The summed E-state index contributed by atoms with van der Waals surface area (Å²) in [7, 11) is 0. The Morgan fingerprint density at radius 2 is 2.11 bits per heavy atom. The molecule has 28 heavy (non-hydrogen) atoms. The summed E-state index contributed by atoms with van der Waals surface area (Å²) in [4.78, 5) is 24.7. The maximum Gasteiger partial charge on any atom is 0.280 e. The molecule has 7 heteroatoms. The van der Waals surface area contributed by atoms with Gasteiger partial charge in [-0.3, -0.25) is 9.78 Å². The number of carbonyl (C=O) groups excluding carboxylic acids is 1. The second-order valence-electron chi connectivity index (χ2n) is 7.22. The molecule has 142 valence electrons. The number of aromatic nitrogens is 3. The van der Waals surface area contributed by atoms with Gasteiger partial charge in [0, 0.05) is 22.7 Å². The van der Waals surface area contributed by atoms with E-state index >= 15 is 0 Å². The molecular formula is C21H20N4O2S. The number of aliphatic hydroxyl groups is 1. The first-order valence-corrected chi connectivity index (χ1v) is 9.83. The Labute approximate surface area is 165 Å². The fraction of sp³-hybridized carbons (Fsp3) is 0.190. The van der Waals surface area contributed by atoms with Gasteiger partial charge in [-0.2, -0.15) is 16.3 Å². The number of aromatic amines is 1. The fourth-order valence-electron chi connectivity index (χ4n) is 3.04. The van der Waals surface area contributed by atoms with Crippen molar-refractivity contribution in [3.8, 4) is 11.3 Å². The second kappa shape index (κ2) is 7.18. The number of hydrogen-bond donors (Lipinski definition) is 2. The lowest BCUT2D eigenvalue weighted by Crippen LogP contribution is -2.32. The number of nitrogens with one attached hydrogen (secondary N) is 1. The molecule has 3 heterocycles. The average Bonchev–Trinajstić information content (AvgIpc) is 3.30. The minimum Gasteiger partial charge on any atom is -0.389 e. The molecule has 6 nitrogen and oxygen atoms in total. The molecule has 3 aromatic heterocycles. The van der Waals surface area contributed by atoms with Gasteiger partial charge in [-0.05, 0) is 49.6 Å². The van der Waals surface area contributed by atoms with Crippen molar-refractivity contribution in [1.82, 2.24) is 14.5 Å². The number of para-hydroxylation sites is 2. The third-order valence-electron chi connectivity index (χ3n) is 4.27. The topological polar surface area (TPSA) is 83.3 Å². The Morgan fingerprint density at radius 3 is 2.86 bits per heavy atom. The Bertz CT molecular complexity index is 1200. The van der Waals surface area contributed by atoms with E-state index in [-0.39, 0.29) is 5.91 Å². The number of benzene rings is 1. The highest BCUT2D eigenvalue weighted by molar-refractivity contribution is 7.08. The van der Waals surface area contributed by atoms with E-state index in [0.717, 1.165) is 22.3 Å². The predicted molar refractivity (Wildman–Crippen MR) is 110 cm³/mol. The van der Waals surface area contributed by atoms with Gasteiger partial charge in [0.05, 0.1) is 28.9 Å². The minimum atomic E-state index is -0.953. The van der Waals surface area contributed by atoms with Crippen molar-refractivity contribution >= 4 is 28.3 Å². The Balaban J connectivity index is 1.79. The van der Waals surface area contributed by atoms with Crippen LogP contribution in [-0.2, 0) is 6.54 Å². The van der Waals surface area contributed by atoms with E-state index in [4.69, 9.17) is 0 Å². The van der Waals surface area contributed by atoms with Gasteiger partial charge in [0.25, 0.3) is 5.91 Å². The van der Waals surface area contributed by atoms with E-state index in [0.29, 0.717) is 17.7 Å². The van der Waals surface area contributed by atoms with E-state index in [1.54, 1.807) is 43.5 Å². The number of imidazole rings is 1. The molecule has 4 aromatic rings. The van der Waals surface area contributed by atoms with E-state index in [2.05, 4.69) is 15.0 Å². The van der Waals surface area contributed by atoms with Crippen LogP contribution in [0, 0.1) is 0 Å². The third-order valence-corrected chi connectivity index (χ3v) is 4.96. The maximum absolute atomic E-state index is 12.8. The van der Waals surface area contributed by atoms with Gasteiger partial charge < -0.3 is 14.7 Å². The van der Waals surface area contributed by atoms with Crippen LogP contribution in [0.5, 0.6) is 0 Å². The molecule has 0 atom stereocenters. The SMILES string of the molecule is CC(C)(O)Cn1/c(=N/C(=O)c2ccnc(-c3ccsc3)c2)[nH]c2ccccc21. The lowest BCUT2D eigenvalue weighted by Gasteiger charge is -2.18. The van der Waals surface area contributed by atoms with Crippen molar-refractivity contribution in [3.05, 3.63) is 70.6 Å². The number of fused-ring (bicyclic) bond motifs is 1.